The first-order valence-electron chi connectivity index (χ1n) is 10.7. The van der Waals surface area contributed by atoms with Gasteiger partial charge in [-0.2, -0.15) is 0 Å². The molecule has 0 spiro atoms. The molecule has 1 atom stereocenters. The standard InChI is InChI=1S/C25H29NO6S/c1-4-31-24(25(27)28)17-19-6-10-21(11-7-19)32-16-15-26-18(2)5-14-23(26)20-8-12-22(13-9-20)33(3,29)30/h5-14,24H,4,15-17H2,1-3H3,(H,27,28)/t24-/m0/s1. The van der Waals surface area contributed by atoms with Crippen LogP contribution in [0.4, 0.5) is 0 Å². The van der Waals surface area contributed by atoms with Crippen LogP contribution in [0.5, 0.6) is 5.75 Å². The first-order valence-corrected chi connectivity index (χ1v) is 12.6. The van der Waals surface area contributed by atoms with Gasteiger partial charge in [-0.3, -0.25) is 0 Å². The monoisotopic (exact) mass is 471 g/mol. The summed E-state index contributed by atoms with van der Waals surface area (Å²) in [5, 5.41) is 9.22. The number of carbonyl (C=O) groups is 1. The van der Waals surface area contributed by atoms with Crippen molar-refractivity contribution in [1.29, 1.82) is 0 Å². The van der Waals surface area contributed by atoms with Crippen LogP contribution in [0.15, 0.2) is 65.6 Å². The molecule has 33 heavy (non-hydrogen) atoms. The molecule has 2 aromatic carbocycles. The Bertz CT molecular complexity index is 1180. The van der Waals surface area contributed by atoms with E-state index in [1.165, 1.54) is 6.26 Å². The molecule has 8 heteroatoms. The molecule has 176 valence electrons. The third-order valence-electron chi connectivity index (χ3n) is 5.35. The van der Waals surface area contributed by atoms with Crippen LogP contribution < -0.4 is 4.74 Å². The van der Waals surface area contributed by atoms with Crippen molar-refractivity contribution in [3.05, 3.63) is 71.9 Å². The van der Waals surface area contributed by atoms with Crippen LogP contribution in [0.2, 0.25) is 0 Å². The zero-order valence-corrected chi connectivity index (χ0v) is 19.8. The van der Waals surface area contributed by atoms with E-state index in [1.807, 2.05) is 55.5 Å². The fraction of sp³-hybridized carbons (Fsp3) is 0.320. The highest BCUT2D eigenvalue weighted by Gasteiger charge is 2.18. The van der Waals surface area contributed by atoms with E-state index in [9.17, 15) is 18.3 Å². The number of benzene rings is 2. The lowest BCUT2D eigenvalue weighted by Crippen LogP contribution is -2.26. The van der Waals surface area contributed by atoms with Gasteiger partial charge in [-0.15, -0.1) is 0 Å². The zero-order chi connectivity index (χ0) is 24.0. The van der Waals surface area contributed by atoms with Crippen molar-refractivity contribution in [3.8, 4) is 17.0 Å². The predicted molar refractivity (Wildman–Crippen MR) is 126 cm³/mol. The van der Waals surface area contributed by atoms with Crippen LogP contribution in [0.1, 0.15) is 18.2 Å². The minimum atomic E-state index is -3.23. The number of carboxylic acids is 1. The number of carboxylic acid groups (broad SMARTS) is 1. The largest absolute Gasteiger partial charge is 0.492 e. The van der Waals surface area contributed by atoms with Gasteiger partial charge in [0, 0.05) is 30.7 Å². The van der Waals surface area contributed by atoms with Crippen LogP contribution in [0, 0.1) is 6.92 Å². The fourth-order valence-corrected chi connectivity index (χ4v) is 4.23. The van der Waals surface area contributed by atoms with E-state index in [1.54, 1.807) is 19.1 Å². The number of sulfone groups is 1. The lowest BCUT2D eigenvalue weighted by atomic mass is 10.1. The second kappa shape index (κ2) is 10.7. The first kappa shape index (κ1) is 24.5. The summed E-state index contributed by atoms with van der Waals surface area (Å²) in [6, 6.07) is 18.2. The smallest absolute Gasteiger partial charge is 0.333 e. The van der Waals surface area contributed by atoms with Gasteiger partial charge in [-0.25, -0.2) is 13.2 Å². The normalized spacial score (nSPS) is 12.5. The maximum Gasteiger partial charge on any atom is 0.333 e. The van der Waals surface area contributed by atoms with Gasteiger partial charge >= 0.3 is 5.97 Å². The molecule has 0 saturated carbocycles. The number of aryl methyl sites for hydroxylation is 1. The van der Waals surface area contributed by atoms with Gasteiger partial charge in [0.1, 0.15) is 12.4 Å². The topological polar surface area (TPSA) is 94.8 Å². The minimum absolute atomic E-state index is 0.295. The lowest BCUT2D eigenvalue weighted by Gasteiger charge is -2.14. The highest BCUT2D eigenvalue weighted by molar-refractivity contribution is 7.90. The molecular weight excluding hydrogens is 442 g/mol. The van der Waals surface area contributed by atoms with E-state index in [0.717, 1.165) is 22.5 Å². The number of rotatable bonds is 11. The van der Waals surface area contributed by atoms with Crippen molar-refractivity contribution >= 4 is 15.8 Å². The third kappa shape index (κ3) is 6.46. The number of hydrogen-bond acceptors (Lipinski definition) is 5. The summed E-state index contributed by atoms with van der Waals surface area (Å²) in [4.78, 5) is 11.5. The molecule has 0 saturated heterocycles. The van der Waals surface area contributed by atoms with Crippen molar-refractivity contribution < 1.29 is 27.8 Å². The zero-order valence-electron chi connectivity index (χ0n) is 19.0. The van der Waals surface area contributed by atoms with Crippen molar-refractivity contribution in [2.45, 2.75) is 37.8 Å². The molecule has 0 aliphatic heterocycles. The molecule has 3 aromatic rings. The summed E-state index contributed by atoms with van der Waals surface area (Å²) < 4.78 is 36.7. The Morgan fingerprint density at radius 1 is 1.03 bits per heavy atom. The van der Waals surface area contributed by atoms with E-state index < -0.39 is 21.9 Å². The Hall–Kier alpha value is -3.10. The minimum Gasteiger partial charge on any atom is -0.492 e. The number of ether oxygens (including phenoxy) is 2. The maximum atomic E-state index is 11.7. The number of nitrogens with zero attached hydrogens (tertiary/aromatic N) is 1. The second-order valence-electron chi connectivity index (χ2n) is 7.79. The second-order valence-corrected chi connectivity index (χ2v) is 9.80. The molecular formula is C25H29NO6S. The predicted octanol–water partition coefficient (Wildman–Crippen LogP) is 3.98. The molecule has 0 radical (unpaired) electrons. The van der Waals surface area contributed by atoms with Crippen molar-refractivity contribution in [3.63, 3.8) is 0 Å². The SMILES string of the molecule is CCO[C@@H](Cc1ccc(OCCn2c(C)ccc2-c2ccc(S(C)(=O)=O)cc2)cc1)C(=O)O. The van der Waals surface area contributed by atoms with E-state index in [-0.39, 0.29) is 0 Å². The van der Waals surface area contributed by atoms with Crippen LogP contribution in [-0.2, 0) is 32.3 Å². The molecule has 0 unspecified atom stereocenters. The van der Waals surface area contributed by atoms with Crippen LogP contribution in [-0.4, -0.2) is 49.6 Å². The van der Waals surface area contributed by atoms with E-state index in [0.29, 0.717) is 36.8 Å². The molecule has 0 bridgehead atoms. The van der Waals surface area contributed by atoms with Gasteiger partial charge in [-0.05, 0) is 61.4 Å². The highest BCUT2D eigenvalue weighted by atomic mass is 32.2. The van der Waals surface area contributed by atoms with Gasteiger partial charge in [0.2, 0.25) is 0 Å². The molecule has 7 nitrogen and oxygen atoms in total. The summed E-state index contributed by atoms with van der Waals surface area (Å²) in [5.41, 5.74) is 3.86. The fourth-order valence-electron chi connectivity index (χ4n) is 3.60. The summed E-state index contributed by atoms with van der Waals surface area (Å²) in [6.07, 6.45) is 0.638. The number of aromatic nitrogens is 1. The number of hydrogen-bond donors (Lipinski definition) is 1. The number of aliphatic carboxylic acids is 1. The molecule has 1 N–H and O–H groups in total. The van der Waals surface area contributed by atoms with E-state index in [4.69, 9.17) is 9.47 Å². The molecule has 1 heterocycles. The van der Waals surface area contributed by atoms with Gasteiger partial charge in [0.15, 0.2) is 15.9 Å². The Kier molecular flexibility index (Phi) is 7.94. The van der Waals surface area contributed by atoms with Gasteiger partial charge < -0.3 is 19.1 Å². The van der Waals surface area contributed by atoms with Gasteiger partial charge in [0.25, 0.3) is 0 Å². The Morgan fingerprint density at radius 3 is 2.27 bits per heavy atom. The summed E-state index contributed by atoms with van der Waals surface area (Å²) in [6.45, 7) is 5.20. The first-order chi connectivity index (χ1) is 15.7. The molecule has 0 aliphatic rings. The van der Waals surface area contributed by atoms with E-state index >= 15 is 0 Å². The van der Waals surface area contributed by atoms with E-state index in [2.05, 4.69) is 4.57 Å². The average Bonchev–Trinajstić information content (AvgIpc) is 3.14. The molecule has 0 fully saturated rings. The van der Waals surface area contributed by atoms with Crippen LogP contribution >= 0.6 is 0 Å². The van der Waals surface area contributed by atoms with Crippen LogP contribution in [0.25, 0.3) is 11.3 Å². The van der Waals surface area contributed by atoms with Crippen molar-refractivity contribution in [1.82, 2.24) is 4.57 Å². The summed E-state index contributed by atoms with van der Waals surface area (Å²) >= 11 is 0. The van der Waals surface area contributed by atoms with Gasteiger partial charge in [0.05, 0.1) is 11.4 Å². The molecule has 0 amide bonds. The van der Waals surface area contributed by atoms with Gasteiger partial charge in [-0.1, -0.05) is 24.3 Å². The van der Waals surface area contributed by atoms with Crippen LogP contribution in [0.3, 0.4) is 0 Å². The highest BCUT2D eigenvalue weighted by Crippen LogP contribution is 2.24. The Labute approximate surface area is 194 Å². The molecule has 3 rings (SSSR count). The maximum absolute atomic E-state index is 11.7. The molecule has 1 aromatic heterocycles. The lowest BCUT2D eigenvalue weighted by molar-refractivity contribution is -0.149. The van der Waals surface area contributed by atoms with Crippen molar-refractivity contribution in [2.75, 3.05) is 19.5 Å². The molecule has 0 aliphatic carbocycles. The Morgan fingerprint density at radius 2 is 1.70 bits per heavy atom. The average molecular weight is 472 g/mol. The van der Waals surface area contributed by atoms with Crippen molar-refractivity contribution in [2.24, 2.45) is 0 Å². The quantitative estimate of drug-likeness (QED) is 0.455. The third-order valence-corrected chi connectivity index (χ3v) is 6.48. The summed E-state index contributed by atoms with van der Waals surface area (Å²) in [7, 11) is -3.23. The Balaban J connectivity index is 1.62. The summed E-state index contributed by atoms with van der Waals surface area (Å²) in [5.74, 6) is -0.271.